The third-order valence-corrected chi connectivity index (χ3v) is 5.64. The Labute approximate surface area is 159 Å². The zero-order valence-electron chi connectivity index (χ0n) is 13.3. The Hall–Kier alpha value is 0.130. The van der Waals surface area contributed by atoms with E-state index in [1.807, 2.05) is 6.07 Å². The summed E-state index contributed by atoms with van der Waals surface area (Å²) in [7, 11) is 0. The van der Waals surface area contributed by atoms with Crippen LogP contribution in [-0.2, 0) is 0 Å². The first-order valence-electron chi connectivity index (χ1n) is 8.15. The first-order chi connectivity index (χ1) is 10.3. The summed E-state index contributed by atoms with van der Waals surface area (Å²) in [5.41, 5.74) is 1.14. The number of hydrogen-bond donors (Lipinski definition) is 1. The average Bonchev–Trinajstić information content (AvgIpc) is 2.53. The molecule has 1 aromatic carbocycles. The monoisotopic (exact) mass is 426 g/mol. The van der Waals surface area contributed by atoms with Crippen molar-refractivity contribution in [2.45, 2.75) is 38.1 Å². The van der Waals surface area contributed by atoms with E-state index >= 15 is 0 Å². The third-order valence-electron chi connectivity index (χ3n) is 4.92. The van der Waals surface area contributed by atoms with Gasteiger partial charge >= 0.3 is 0 Å². The van der Waals surface area contributed by atoms with Crippen LogP contribution in [0.1, 0.15) is 43.7 Å². The van der Waals surface area contributed by atoms with Gasteiger partial charge in [-0.05, 0) is 42.5 Å². The minimum atomic E-state index is -0.121. The third kappa shape index (κ3) is 5.30. The summed E-state index contributed by atoms with van der Waals surface area (Å²) in [6.07, 6.45) is 6.55. The predicted octanol–water partition coefficient (Wildman–Crippen LogP) is 4.96. The van der Waals surface area contributed by atoms with Gasteiger partial charge < -0.3 is 5.32 Å². The van der Waals surface area contributed by atoms with Gasteiger partial charge in [0, 0.05) is 36.7 Å². The quantitative estimate of drug-likeness (QED) is 0.733. The van der Waals surface area contributed by atoms with Gasteiger partial charge in [-0.3, -0.25) is 4.90 Å². The molecule has 1 aliphatic heterocycles. The molecule has 3 rings (SSSR count). The molecule has 132 valence electrons. The van der Waals surface area contributed by atoms with Crippen molar-refractivity contribution in [3.05, 3.63) is 34.1 Å². The van der Waals surface area contributed by atoms with Crippen LogP contribution in [0, 0.1) is 11.7 Å². The molecule has 0 amide bonds. The van der Waals surface area contributed by atoms with Crippen LogP contribution in [-0.4, -0.2) is 31.1 Å². The number of rotatable bonds is 3. The minimum absolute atomic E-state index is 0. The van der Waals surface area contributed by atoms with E-state index < -0.39 is 0 Å². The highest BCUT2D eigenvalue weighted by atomic mass is 79.9. The van der Waals surface area contributed by atoms with E-state index in [0.29, 0.717) is 12.0 Å². The highest BCUT2D eigenvalue weighted by Crippen LogP contribution is 2.41. The summed E-state index contributed by atoms with van der Waals surface area (Å²) in [6.45, 7) is 4.19. The fraction of sp³-hybridized carbons (Fsp3) is 0.647. The van der Waals surface area contributed by atoms with Crippen molar-refractivity contribution >= 4 is 40.7 Å². The molecular formula is C17H26BrCl2FN2. The fourth-order valence-electron chi connectivity index (χ4n) is 3.90. The van der Waals surface area contributed by atoms with Crippen LogP contribution < -0.4 is 5.32 Å². The number of nitrogens with zero attached hydrogens (tertiary/aromatic N) is 1. The van der Waals surface area contributed by atoms with Crippen molar-refractivity contribution < 1.29 is 4.39 Å². The van der Waals surface area contributed by atoms with Crippen molar-refractivity contribution in [3.8, 4) is 0 Å². The maximum absolute atomic E-state index is 13.8. The second kappa shape index (κ2) is 10.2. The second-order valence-electron chi connectivity index (χ2n) is 6.29. The molecule has 2 nitrogen and oxygen atoms in total. The van der Waals surface area contributed by atoms with Crippen LogP contribution in [0.4, 0.5) is 4.39 Å². The highest BCUT2D eigenvalue weighted by Gasteiger charge is 2.32. The molecule has 0 bridgehead atoms. The molecule has 1 saturated heterocycles. The van der Waals surface area contributed by atoms with Gasteiger partial charge in [-0.2, -0.15) is 0 Å². The number of halogens is 4. The Morgan fingerprint density at radius 2 is 1.74 bits per heavy atom. The zero-order valence-corrected chi connectivity index (χ0v) is 16.5. The molecule has 1 heterocycles. The van der Waals surface area contributed by atoms with E-state index in [-0.39, 0.29) is 30.6 Å². The average molecular weight is 428 g/mol. The van der Waals surface area contributed by atoms with Gasteiger partial charge in [0.15, 0.2) is 0 Å². The van der Waals surface area contributed by atoms with E-state index in [1.165, 1.54) is 32.1 Å². The zero-order chi connectivity index (χ0) is 14.7. The lowest BCUT2D eigenvalue weighted by Crippen LogP contribution is -2.47. The molecule has 1 aliphatic carbocycles. The number of nitrogens with one attached hydrogen (secondary N) is 1. The molecule has 0 spiro atoms. The van der Waals surface area contributed by atoms with Gasteiger partial charge in [-0.1, -0.05) is 35.2 Å². The molecule has 1 aromatic rings. The SMILES string of the molecule is Cl.Cl.Fc1ccc(Br)c([C@H](C2CCCCC2)N2CCNCC2)c1. The van der Waals surface area contributed by atoms with E-state index in [1.54, 1.807) is 12.1 Å². The lowest BCUT2D eigenvalue weighted by Gasteiger charge is -2.41. The molecule has 23 heavy (non-hydrogen) atoms. The molecule has 2 fully saturated rings. The standard InChI is InChI=1S/C17H24BrFN2.2ClH/c18-16-7-6-14(19)12-15(16)17(13-4-2-1-3-5-13)21-10-8-20-9-11-21;;/h6-7,12-13,17,20H,1-5,8-11H2;2*1H/t17-;;/m0../s1. The van der Waals surface area contributed by atoms with Crippen molar-refractivity contribution in [1.29, 1.82) is 0 Å². The normalized spacial score (nSPS) is 21.1. The molecule has 6 heteroatoms. The van der Waals surface area contributed by atoms with E-state index in [0.717, 1.165) is 36.2 Å². The summed E-state index contributed by atoms with van der Waals surface area (Å²) in [5, 5.41) is 3.42. The van der Waals surface area contributed by atoms with Crippen LogP contribution in [0.15, 0.2) is 22.7 Å². The topological polar surface area (TPSA) is 15.3 Å². The van der Waals surface area contributed by atoms with Gasteiger partial charge in [0.25, 0.3) is 0 Å². The molecule has 1 saturated carbocycles. The van der Waals surface area contributed by atoms with Crippen molar-refractivity contribution in [1.82, 2.24) is 10.2 Å². The van der Waals surface area contributed by atoms with Gasteiger partial charge in [0.2, 0.25) is 0 Å². The van der Waals surface area contributed by atoms with Crippen LogP contribution in [0.3, 0.4) is 0 Å². The van der Waals surface area contributed by atoms with Crippen LogP contribution >= 0.6 is 40.7 Å². The van der Waals surface area contributed by atoms with Crippen molar-refractivity contribution in [3.63, 3.8) is 0 Å². The Balaban J connectivity index is 0.00000132. The smallest absolute Gasteiger partial charge is 0.123 e. The lowest BCUT2D eigenvalue weighted by atomic mass is 9.80. The van der Waals surface area contributed by atoms with Crippen LogP contribution in [0.2, 0.25) is 0 Å². The minimum Gasteiger partial charge on any atom is -0.314 e. The fourth-order valence-corrected chi connectivity index (χ4v) is 4.38. The molecule has 1 N–H and O–H groups in total. The Morgan fingerprint density at radius 1 is 1.09 bits per heavy atom. The lowest BCUT2D eigenvalue weighted by molar-refractivity contribution is 0.103. The van der Waals surface area contributed by atoms with Gasteiger partial charge in [0.05, 0.1) is 0 Å². The van der Waals surface area contributed by atoms with E-state index in [2.05, 4.69) is 26.1 Å². The van der Waals surface area contributed by atoms with Crippen LogP contribution in [0.25, 0.3) is 0 Å². The summed E-state index contributed by atoms with van der Waals surface area (Å²) in [4.78, 5) is 2.56. The Bertz CT molecular complexity index is 460. The molecule has 2 aliphatic rings. The molecule has 1 atom stereocenters. The Morgan fingerprint density at radius 3 is 2.39 bits per heavy atom. The van der Waals surface area contributed by atoms with Gasteiger partial charge in [-0.15, -0.1) is 24.8 Å². The van der Waals surface area contributed by atoms with Crippen LogP contribution in [0.5, 0.6) is 0 Å². The number of hydrogen-bond acceptors (Lipinski definition) is 2. The maximum Gasteiger partial charge on any atom is 0.123 e. The molecular weight excluding hydrogens is 402 g/mol. The van der Waals surface area contributed by atoms with Gasteiger partial charge in [0.1, 0.15) is 5.82 Å². The van der Waals surface area contributed by atoms with Gasteiger partial charge in [-0.25, -0.2) is 4.39 Å². The molecule has 0 unspecified atom stereocenters. The Kier molecular flexibility index (Phi) is 9.39. The summed E-state index contributed by atoms with van der Waals surface area (Å²) >= 11 is 3.66. The molecule has 0 aromatic heterocycles. The largest absolute Gasteiger partial charge is 0.314 e. The first-order valence-corrected chi connectivity index (χ1v) is 8.95. The number of benzene rings is 1. The highest BCUT2D eigenvalue weighted by molar-refractivity contribution is 9.10. The summed E-state index contributed by atoms with van der Waals surface area (Å²) in [5.74, 6) is 0.541. The summed E-state index contributed by atoms with van der Waals surface area (Å²) in [6, 6.07) is 5.51. The second-order valence-corrected chi connectivity index (χ2v) is 7.15. The van der Waals surface area contributed by atoms with Crippen molar-refractivity contribution in [2.24, 2.45) is 5.92 Å². The first kappa shape index (κ1) is 21.2. The van der Waals surface area contributed by atoms with E-state index in [4.69, 9.17) is 0 Å². The maximum atomic E-state index is 13.8. The summed E-state index contributed by atoms with van der Waals surface area (Å²) < 4.78 is 14.8. The molecule has 0 radical (unpaired) electrons. The van der Waals surface area contributed by atoms with Crippen molar-refractivity contribution in [2.75, 3.05) is 26.2 Å². The predicted molar refractivity (Wildman–Crippen MR) is 102 cm³/mol. The number of piperazine rings is 1. The van der Waals surface area contributed by atoms with E-state index in [9.17, 15) is 4.39 Å².